The first-order valence-electron chi connectivity index (χ1n) is 6.36. The number of anilines is 1. The van der Waals surface area contributed by atoms with Crippen molar-refractivity contribution in [3.63, 3.8) is 0 Å². The minimum atomic E-state index is -0.395. The highest BCUT2D eigenvalue weighted by atomic mass is 32.1. The number of allylic oxidation sites excluding steroid dienone is 2. The van der Waals surface area contributed by atoms with Crippen LogP contribution >= 0.6 is 11.3 Å². The summed E-state index contributed by atoms with van der Waals surface area (Å²) in [6.07, 6.45) is 6.59. The van der Waals surface area contributed by atoms with Gasteiger partial charge >= 0.3 is 0 Å². The lowest BCUT2D eigenvalue weighted by Crippen LogP contribution is -2.38. The van der Waals surface area contributed by atoms with Crippen LogP contribution in [0, 0.1) is 11.8 Å². The lowest BCUT2D eigenvalue weighted by atomic mass is 9.85. The molecular weight excluding hydrogens is 278 g/mol. The van der Waals surface area contributed by atoms with Crippen LogP contribution in [0.5, 0.6) is 0 Å². The van der Waals surface area contributed by atoms with Crippen molar-refractivity contribution < 1.29 is 14.4 Å². The highest BCUT2D eigenvalue weighted by Gasteiger charge is 2.47. The van der Waals surface area contributed by atoms with Crippen LogP contribution in [-0.2, 0) is 14.4 Å². The van der Waals surface area contributed by atoms with Crippen molar-refractivity contribution in [2.45, 2.75) is 12.8 Å². The third-order valence-corrected chi connectivity index (χ3v) is 4.27. The molecule has 7 heteroatoms. The fourth-order valence-electron chi connectivity index (χ4n) is 2.61. The Morgan fingerprint density at radius 1 is 1.30 bits per heavy atom. The van der Waals surface area contributed by atoms with Crippen LogP contribution in [0.2, 0.25) is 0 Å². The number of nitrogens with one attached hydrogen (secondary N) is 1. The summed E-state index contributed by atoms with van der Waals surface area (Å²) in [5.41, 5.74) is 0. The van der Waals surface area contributed by atoms with Crippen LogP contribution in [0.15, 0.2) is 23.7 Å². The summed E-state index contributed by atoms with van der Waals surface area (Å²) >= 11 is 1.29. The smallest absolute Gasteiger partial charge is 0.246 e. The first-order chi connectivity index (χ1) is 9.66. The van der Waals surface area contributed by atoms with E-state index in [0.29, 0.717) is 18.0 Å². The molecule has 0 spiro atoms. The SMILES string of the molecule is O=C(CN1C(=O)[C@H]2CC=CC[C@@H]2C1=O)Nc1nccs1. The number of hydrogen-bond acceptors (Lipinski definition) is 5. The van der Waals surface area contributed by atoms with Crippen LogP contribution in [0.25, 0.3) is 0 Å². The number of amides is 3. The maximum absolute atomic E-state index is 12.2. The topological polar surface area (TPSA) is 79.4 Å². The number of hydrogen-bond donors (Lipinski definition) is 1. The summed E-state index contributed by atoms with van der Waals surface area (Å²) in [5.74, 6) is -1.45. The Morgan fingerprint density at radius 2 is 1.95 bits per heavy atom. The molecule has 1 aromatic rings. The Kier molecular flexibility index (Phi) is 3.35. The van der Waals surface area contributed by atoms with Gasteiger partial charge in [-0.05, 0) is 12.8 Å². The lowest BCUT2D eigenvalue weighted by molar-refractivity contribution is -0.142. The molecule has 0 unspecified atom stereocenters. The molecule has 0 radical (unpaired) electrons. The van der Waals surface area contributed by atoms with E-state index in [9.17, 15) is 14.4 Å². The van der Waals surface area contributed by atoms with E-state index in [4.69, 9.17) is 0 Å². The lowest BCUT2D eigenvalue weighted by Gasteiger charge is -2.14. The number of likely N-dealkylation sites (tertiary alicyclic amines) is 1. The zero-order chi connectivity index (χ0) is 14.1. The quantitative estimate of drug-likeness (QED) is 0.666. The molecule has 3 amide bonds. The zero-order valence-corrected chi connectivity index (χ0v) is 11.4. The van der Waals surface area contributed by atoms with Crippen LogP contribution in [0.4, 0.5) is 5.13 Å². The summed E-state index contributed by atoms with van der Waals surface area (Å²) in [6, 6.07) is 0. The molecule has 1 aromatic heterocycles. The van der Waals surface area contributed by atoms with Crippen molar-refractivity contribution >= 4 is 34.2 Å². The van der Waals surface area contributed by atoms with E-state index in [1.165, 1.54) is 11.3 Å². The van der Waals surface area contributed by atoms with Crippen LogP contribution < -0.4 is 5.32 Å². The number of thiazole rings is 1. The average Bonchev–Trinajstić information content (AvgIpc) is 3.03. The average molecular weight is 291 g/mol. The Bertz CT molecular complexity index is 556. The molecule has 104 valence electrons. The Balaban J connectivity index is 1.67. The fourth-order valence-corrected chi connectivity index (χ4v) is 3.16. The summed E-state index contributed by atoms with van der Waals surface area (Å²) < 4.78 is 0. The maximum Gasteiger partial charge on any atom is 0.246 e. The third-order valence-electron chi connectivity index (χ3n) is 3.58. The monoisotopic (exact) mass is 291 g/mol. The van der Waals surface area contributed by atoms with E-state index < -0.39 is 5.91 Å². The van der Waals surface area contributed by atoms with Gasteiger partial charge in [-0.2, -0.15) is 0 Å². The molecule has 1 N–H and O–H groups in total. The molecule has 0 saturated carbocycles. The van der Waals surface area contributed by atoms with Crippen LogP contribution in [-0.4, -0.2) is 34.2 Å². The standard InChI is InChI=1S/C13H13N3O3S/c17-10(15-13-14-5-6-20-13)7-16-11(18)8-3-1-2-4-9(8)12(16)19/h1-2,5-6,8-9H,3-4,7H2,(H,14,15,17)/t8-,9-/m0/s1. The van der Waals surface area contributed by atoms with Gasteiger partial charge in [-0.3, -0.25) is 19.3 Å². The fraction of sp³-hybridized carbons (Fsp3) is 0.385. The molecule has 1 fully saturated rings. The van der Waals surface area contributed by atoms with Crippen molar-refractivity contribution in [3.05, 3.63) is 23.7 Å². The van der Waals surface area contributed by atoms with Crippen LogP contribution in [0.1, 0.15) is 12.8 Å². The Hall–Kier alpha value is -2.02. The highest BCUT2D eigenvalue weighted by Crippen LogP contribution is 2.34. The molecule has 1 aliphatic carbocycles. The minimum absolute atomic E-state index is 0.232. The molecule has 1 saturated heterocycles. The van der Waals surface area contributed by atoms with Gasteiger partial charge in [-0.25, -0.2) is 4.98 Å². The summed E-state index contributed by atoms with van der Waals surface area (Å²) in [5, 5.41) is 4.78. The summed E-state index contributed by atoms with van der Waals surface area (Å²) in [6.45, 7) is -0.232. The van der Waals surface area contributed by atoms with Gasteiger partial charge < -0.3 is 5.32 Å². The first-order valence-corrected chi connectivity index (χ1v) is 7.24. The van der Waals surface area contributed by atoms with Gasteiger partial charge in [-0.15, -0.1) is 11.3 Å². The number of carbonyl (C=O) groups is 3. The second-order valence-electron chi connectivity index (χ2n) is 4.80. The van der Waals surface area contributed by atoms with Crippen LogP contribution in [0.3, 0.4) is 0 Å². The number of imide groups is 1. The third kappa shape index (κ3) is 2.24. The largest absolute Gasteiger partial charge is 0.300 e. The molecule has 2 atom stereocenters. The molecular formula is C13H13N3O3S. The molecule has 0 bridgehead atoms. The van der Waals surface area contributed by atoms with Crippen molar-refractivity contribution in [2.24, 2.45) is 11.8 Å². The van der Waals surface area contributed by atoms with E-state index in [1.807, 2.05) is 12.2 Å². The van der Waals surface area contributed by atoms with Gasteiger partial charge in [0, 0.05) is 11.6 Å². The van der Waals surface area contributed by atoms with E-state index in [0.717, 1.165) is 4.90 Å². The van der Waals surface area contributed by atoms with E-state index in [2.05, 4.69) is 10.3 Å². The van der Waals surface area contributed by atoms with E-state index in [-0.39, 0.29) is 30.2 Å². The molecule has 0 aromatic carbocycles. The predicted octanol–water partition coefficient (Wildman–Crippen LogP) is 1.03. The Morgan fingerprint density at radius 3 is 2.50 bits per heavy atom. The highest BCUT2D eigenvalue weighted by molar-refractivity contribution is 7.13. The van der Waals surface area contributed by atoms with Crippen molar-refractivity contribution in [1.82, 2.24) is 9.88 Å². The molecule has 20 heavy (non-hydrogen) atoms. The summed E-state index contributed by atoms with van der Waals surface area (Å²) in [7, 11) is 0. The van der Waals surface area contributed by atoms with Gasteiger partial charge in [-0.1, -0.05) is 12.2 Å². The summed E-state index contributed by atoms with van der Waals surface area (Å²) in [4.78, 5) is 41.2. The molecule has 3 rings (SSSR count). The number of fused-ring (bicyclic) bond motifs is 1. The van der Waals surface area contributed by atoms with Gasteiger partial charge in [0.1, 0.15) is 6.54 Å². The van der Waals surface area contributed by atoms with Crippen molar-refractivity contribution in [2.75, 3.05) is 11.9 Å². The van der Waals surface area contributed by atoms with Crippen molar-refractivity contribution in [1.29, 1.82) is 0 Å². The number of rotatable bonds is 3. The minimum Gasteiger partial charge on any atom is -0.300 e. The molecule has 6 nitrogen and oxygen atoms in total. The van der Waals surface area contributed by atoms with Gasteiger partial charge in [0.05, 0.1) is 11.8 Å². The molecule has 1 aliphatic heterocycles. The number of aromatic nitrogens is 1. The normalized spacial score (nSPS) is 24.9. The zero-order valence-electron chi connectivity index (χ0n) is 10.6. The first kappa shape index (κ1) is 13.0. The van der Waals surface area contributed by atoms with E-state index >= 15 is 0 Å². The van der Waals surface area contributed by atoms with Gasteiger partial charge in [0.25, 0.3) is 0 Å². The number of nitrogens with zero attached hydrogens (tertiary/aromatic N) is 2. The molecule has 2 heterocycles. The van der Waals surface area contributed by atoms with Gasteiger partial charge in [0.2, 0.25) is 17.7 Å². The second kappa shape index (κ2) is 5.16. The predicted molar refractivity (Wildman–Crippen MR) is 72.8 cm³/mol. The van der Waals surface area contributed by atoms with E-state index in [1.54, 1.807) is 11.6 Å². The van der Waals surface area contributed by atoms with Gasteiger partial charge in [0.15, 0.2) is 5.13 Å². The van der Waals surface area contributed by atoms with Crippen molar-refractivity contribution in [3.8, 4) is 0 Å². The number of carbonyl (C=O) groups excluding carboxylic acids is 3. The Labute approximate surface area is 119 Å². The molecule has 2 aliphatic rings. The maximum atomic E-state index is 12.2. The second-order valence-corrected chi connectivity index (χ2v) is 5.70.